The highest BCUT2D eigenvalue weighted by Gasteiger charge is 2.18. The van der Waals surface area contributed by atoms with Gasteiger partial charge in [0, 0.05) is 38.5 Å². The standard InChI is InChI=1S/C24H31N3O3/c28-24(25-12-15-29-18-22-5-3-14-30-22)26-16-19-7-9-20(10-8-19)17-27-13-11-21-4-1-2-6-23(21)27/h1-2,4,6-10,22H,3,5,11-18H2,(H2,25,26,28). The van der Waals surface area contributed by atoms with E-state index < -0.39 is 0 Å². The average molecular weight is 410 g/mol. The Morgan fingerprint density at radius 1 is 1.10 bits per heavy atom. The Kier molecular flexibility index (Phi) is 7.21. The van der Waals surface area contributed by atoms with Gasteiger partial charge in [-0.1, -0.05) is 42.5 Å². The molecule has 0 bridgehead atoms. The normalized spacial score (nSPS) is 17.7. The summed E-state index contributed by atoms with van der Waals surface area (Å²) in [5, 5.41) is 5.72. The molecule has 0 radical (unpaired) electrons. The molecule has 2 aliphatic heterocycles. The van der Waals surface area contributed by atoms with Gasteiger partial charge in [0.05, 0.1) is 19.3 Å². The maximum absolute atomic E-state index is 11.9. The minimum absolute atomic E-state index is 0.173. The number of nitrogens with zero attached hydrogens (tertiary/aromatic N) is 1. The van der Waals surface area contributed by atoms with Gasteiger partial charge in [-0.25, -0.2) is 4.79 Å². The van der Waals surface area contributed by atoms with Crippen molar-refractivity contribution in [3.63, 3.8) is 0 Å². The first-order valence-corrected chi connectivity index (χ1v) is 10.9. The predicted octanol–water partition coefficient (Wildman–Crippen LogP) is 3.24. The predicted molar refractivity (Wildman–Crippen MR) is 118 cm³/mol. The molecule has 0 spiro atoms. The van der Waals surface area contributed by atoms with Crippen LogP contribution >= 0.6 is 0 Å². The molecule has 2 heterocycles. The molecule has 6 nitrogen and oxygen atoms in total. The molecule has 2 amide bonds. The van der Waals surface area contributed by atoms with E-state index in [1.807, 2.05) is 0 Å². The van der Waals surface area contributed by atoms with E-state index in [1.165, 1.54) is 16.8 Å². The van der Waals surface area contributed by atoms with Gasteiger partial charge >= 0.3 is 6.03 Å². The van der Waals surface area contributed by atoms with E-state index in [9.17, 15) is 4.79 Å². The molecule has 2 N–H and O–H groups in total. The van der Waals surface area contributed by atoms with Gasteiger partial charge in [-0.3, -0.25) is 0 Å². The van der Waals surface area contributed by atoms with Gasteiger partial charge < -0.3 is 25.0 Å². The van der Waals surface area contributed by atoms with Gasteiger partial charge in [0.15, 0.2) is 0 Å². The maximum atomic E-state index is 11.9. The van der Waals surface area contributed by atoms with E-state index in [0.717, 1.165) is 44.5 Å². The number of carbonyl (C=O) groups is 1. The number of benzene rings is 2. The third kappa shape index (κ3) is 5.74. The first-order chi connectivity index (χ1) is 14.8. The van der Waals surface area contributed by atoms with E-state index in [4.69, 9.17) is 9.47 Å². The number of hydrogen-bond donors (Lipinski definition) is 2. The van der Waals surface area contributed by atoms with Crippen molar-refractivity contribution in [2.45, 2.75) is 38.5 Å². The van der Waals surface area contributed by atoms with Gasteiger partial charge in [-0.2, -0.15) is 0 Å². The molecule has 160 valence electrons. The molecule has 6 heteroatoms. The Bertz CT molecular complexity index is 819. The molecule has 30 heavy (non-hydrogen) atoms. The van der Waals surface area contributed by atoms with Crippen molar-refractivity contribution in [1.29, 1.82) is 0 Å². The average Bonchev–Trinajstić information content (AvgIpc) is 3.43. The lowest BCUT2D eigenvalue weighted by Gasteiger charge is -2.19. The molecule has 1 fully saturated rings. The van der Waals surface area contributed by atoms with Crippen LogP contribution in [0.3, 0.4) is 0 Å². The Morgan fingerprint density at radius 3 is 2.77 bits per heavy atom. The van der Waals surface area contributed by atoms with Crippen molar-refractivity contribution in [1.82, 2.24) is 10.6 Å². The highest BCUT2D eigenvalue weighted by Crippen LogP contribution is 2.28. The van der Waals surface area contributed by atoms with Crippen LogP contribution in [0.5, 0.6) is 0 Å². The largest absolute Gasteiger partial charge is 0.377 e. The van der Waals surface area contributed by atoms with Crippen LogP contribution in [0.2, 0.25) is 0 Å². The van der Waals surface area contributed by atoms with Gasteiger partial charge in [0.2, 0.25) is 0 Å². The molecule has 1 atom stereocenters. The van der Waals surface area contributed by atoms with Crippen molar-refractivity contribution in [3.05, 3.63) is 65.2 Å². The zero-order chi connectivity index (χ0) is 20.6. The smallest absolute Gasteiger partial charge is 0.315 e. The molecule has 1 saturated heterocycles. The zero-order valence-corrected chi connectivity index (χ0v) is 17.4. The number of urea groups is 1. The SMILES string of the molecule is O=C(NCCOCC1CCCO1)NCc1ccc(CN2CCc3ccccc32)cc1. The van der Waals surface area contributed by atoms with Crippen LogP contribution < -0.4 is 15.5 Å². The van der Waals surface area contributed by atoms with Crippen LogP contribution in [-0.4, -0.2) is 45.0 Å². The number of para-hydroxylation sites is 1. The summed E-state index contributed by atoms with van der Waals surface area (Å²) in [7, 11) is 0. The van der Waals surface area contributed by atoms with Crippen molar-refractivity contribution < 1.29 is 14.3 Å². The second-order valence-corrected chi connectivity index (χ2v) is 7.94. The first-order valence-electron chi connectivity index (χ1n) is 10.9. The van der Waals surface area contributed by atoms with Crippen molar-refractivity contribution in [2.75, 3.05) is 37.8 Å². The van der Waals surface area contributed by atoms with Crippen LogP contribution in [0.4, 0.5) is 10.5 Å². The summed E-state index contributed by atoms with van der Waals surface area (Å²) >= 11 is 0. The summed E-state index contributed by atoms with van der Waals surface area (Å²) in [6.07, 6.45) is 3.52. The Labute approximate surface area is 178 Å². The van der Waals surface area contributed by atoms with E-state index in [-0.39, 0.29) is 12.1 Å². The lowest BCUT2D eigenvalue weighted by Crippen LogP contribution is -2.37. The third-order valence-electron chi connectivity index (χ3n) is 5.69. The molecule has 0 aliphatic carbocycles. The van der Waals surface area contributed by atoms with Crippen molar-refractivity contribution in [2.24, 2.45) is 0 Å². The highest BCUT2D eigenvalue weighted by atomic mass is 16.5. The number of rotatable bonds is 9. The minimum atomic E-state index is -0.173. The van der Waals surface area contributed by atoms with Crippen LogP contribution in [0, 0.1) is 0 Å². The third-order valence-corrected chi connectivity index (χ3v) is 5.69. The molecule has 0 aromatic heterocycles. The molecule has 2 aromatic rings. The molecule has 2 aromatic carbocycles. The lowest BCUT2D eigenvalue weighted by molar-refractivity contribution is 0.0188. The topological polar surface area (TPSA) is 62.8 Å². The van der Waals surface area contributed by atoms with Crippen LogP contribution in [-0.2, 0) is 29.0 Å². The monoisotopic (exact) mass is 409 g/mol. The molecular formula is C24H31N3O3. The Balaban J connectivity index is 1.13. The number of anilines is 1. The summed E-state index contributed by atoms with van der Waals surface area (Å²) in [6.45, 7) is 4.93. The van der Waals surface area contributed by atoms with Gasteiger partial charge in [-0.15, -0.1) is 0 Å². The fourth-order valence-electron chi connectivity index (χ4n) is 4.03. The number of fused-ring (bicyclic) bond motifs is 1. The van der Waals surface area contributed by atoms with E-state index in [2.05, 4.69) is 64.1 Å². The zero-order valence-electron chi connectivity index (χ0n) is 17.4. The molecule has 4 rings (SSSR count). The second kappa shape index (κ2) is 10.5. The van der Waals surface area contributed by atoms with Gasteiger partial charge in [0.25, 0.3) is 0 Å². The van der Waals surface area contributed by atoms with Crippen molar-refractivity contribution in [3.8, 4) is 0 Å². The van der Waals surface area contributed by atoms with E-state index >= 15 is 0 Å². The van der Waals surface area contributed by atoms with E-state index in [1.54, 1.807) is 0 Å². The summed E-state index contributed by atoms with van der Waals surface area (Å²) in [5.74, 6) is 0. The summed E-state index contributed by atoms with van der Waals surface area (Å²) in [4.78, 5) is 14.4. The fourth-order valence-corrected chi connectivity index (χ4v) is 4.03. The number of amides is 2. The quantitative estimate of drug-likeness (QED) is 0.624. The molecule has 2 aliphatic rings. The summed E-state index contributed by atoms with van der Waals surface area (Å²) < 4.78 is 11.1. The fraction of sp³-hybridized carbons (Fsp3) is 0.458. The molecule has 1 unspecified atom stereocenters. The minimum Gasteiger partial charge on any atom is -0.377 e. The summed E-state index contributed by atoms with van der Waals surface area (Å²) in [6, 6.07) is 16.9. The van der Waals surface area contributed by atoms with Gasteiger partial charge in [-0.05, 0) is 42.0 Å². The maximum Gasteiger partial charge on any atom is 0.315 e. The van der Waals surface area contributed by atoms with Gasteiger partial charge in [0.1, 0.15) is 0 Å². The lowest BCUT2D eigenvalue weighted by atomic mass is 10.1. The van der Waals surface area contributed by atoms with Crippen LogP contribution in [0.1, 0.15) is 29.5 Å². The Hall–Kier alpha value is -2.57. The first kappa shape index (κ1) is 20.7. The number of ether oxygens (including phenoxy) is 2. The van der Waals surface area contributed by atoms with Crippen LogP contribution in [0.25, 0.3) is 0 Å². The number of carbonyl (C=O) groups excluding carboxylic acids is 1. The highest BCUT2D eigenvalue weighted by molar-refractivity contribution is 5.73. The molecule has 0 saturated carbocycles. The van der Waals surface area contributed by atoms with E-state index in [0.29, 0.717) is 26.3 Å². The Morgan fingerprint density at radius 2 is 1.93 bits per heavy atom. The second-order valence-electron chi connectivity index (χ2n) is 7.94. The summed E-state index contributed by atoms with van der Waals surface area (Å²) in [5.41, 5.74) is 5.15. The van der Waals surface area contributed by atoms with Crippen LogP contribution in [0.15, 0.2) is 48.5 Å². The van der Waals surface area contributed by atoms with Crippen molar-refractivity contribution >= 4 is 11.7 Å². The number of nitrogens with one attached hydrogen (secondary N) is 2. The number of hydrogen-bond acceptors (Lipinski definition) is 4. The molecular weight excluding hydrogens is 378 g/mol.